The molecule has 0 aromatic carbocycles. The summed E-state index contributed by atoms with van der Waals surface area (Å²) in [5, 5.41) is 0. The zero-order valence-electron chi connectivity index (χ0n) is 14.3. The Kier molecular flexibility index (Phi) is 4.80. The number of amides is 1. The van der Waals surface area contributed by atoms with Gasteiger partial charge in [0.15, 0.2) is 0 Å². The molecule has 3 heterocycles. The Morgan fingerprint density at radius 1 is 1.30 bits per heavy atom. The van der Waals surface area contributed by atoms with E-state index in [9.17, 15) is 4.79 Å². The molecular formula is C17H26N4O2. The molecule has 23 heavy (non-hydrogen) atoms. The van der Waals surface area contributed by atoms with Gasteiger partial charge in [0.05, 0.1) is 19.1 Å². The SMILES string of the molecule is CCc1nc(C)cc(N2C[C@@H](C)[C@H](C(=O)N3CCOCC3)C2)n1. The molecule has 126 valence electrons. The minimum absolute atomic E-state index is 0.0495. The van der Waals surface area contributed by atoms with Crippen molar-refractivity contribution in [2.75, 3.05) is 44.3 Å². The number of aryl methyl sites for hydroxylation is 2. The average Bonchev–Trinajstić information content (AvgIpc) is 2.96. The van der Waals surface area contributed by atoms with E-state index in [4.69, 9.17) is 4.74 Å². The van der Waals surface area contributed by atoms with Crippen LogP contribution in [0.3, 0.4) is 0 Å². The van der Waals surface area contributed by atoms with Gasteiger partial charge in [-0.05, 0) is 12.8 Å². The fourth-order valence-corrected chi connectivity index (χ4v) is 3.43. The normalized spacial score (nSPS) is 25.0. The molecule has 0 unspecified atom stereocenters. The molecule has 2 atom stereocenters. The number of carbonyl (C=O) groups excluding carboxylic acids is 1. The largest absolute Gasteiger partial charge is 0.378 e. The molecule has 6 heteroatoms. The second-order valence-electron chi connectivity index (χ2n) is 6.56. The average molecular weight is 318 g/mol. The van der Waals surface area contributed by atoms with Gasteiger partial charge in [0.25, 0.3) is 0 Å². The van der Waals surface area contributed by atoms with Crippen LogP contribution in [0.2, 0.25) is 0 Å². The lowest BCUT2D eigenvalue weighted by molar-refractivity contribution is -0.140. The lowest BCUT2D eigenvalue weighted by Crippen LogP contribution is -2.45. The monoisotopic (exact) mass is 318 g/mol. The zero-order valence-corrected chi connectivity index (χ0v) is 14.3. The van der Waals surface area contributed by atoms with Crippen LogP contribution in [-0.2, 0) is 16.0 Å². The first-order valence-corrected chi connectivity index (χ1v) is 8.54. The highest BCUT2D eigenvalue weighted by atomic mass is 16.5. The Hall–Kier alpha value is -1.69. The molecule has 2 fully saturated rings. The quantitative estimate of drug-likeness (QED) is 0.840. The third-order valence-electron chi connectivity index (χ3n) is 4.78. The first kappa shape index (κ1) is 16.2. The molecule has 6 nitrogen and oxygen atoms in total. The molecule has 0 spiro atoms. The maximum atomic E-state index is 12.8. The van der Waals surface area contributed by atoms with Crippen molar-refractivity contribution >= 4 is 11.7 Å². The minimum Gasteiger partial charge on any atom is -0.378 e. The lowest BCUT2D eigenvalue weighted by atomic mass is 9.96. The highest BCUT2D eigenvalue weighted by Crippen LogP contribution is 2.29. The van der Waals surface area contributed by atoms with Gasteiger partial charge in [0.1, 0.15) is 11.6 Å². The van der Waals surface area contributed by atoms with Crippen molar-refractivity contribution in [3.05, 3.63) is 17.6 Å². The minimum atomic E-state index is 0.0495. The third-order valence-corrected chi connectivity index (χ3v) is 4.78. The van der Waals surface area contributed by atoms with Crippen LogP contribution >= 0.6 is 0 Å². The summed E-state index contributed by atoms with van der Waals surface area (Å²) in [5.41, 5.74) is 0.988. The summed E-state index contributed by atoms with van der Waals surface area (Å²) < 4.78 is 5.35. The Morgan fingerprint density at radius 3 is 2.74 bits per heavy atom. The molecule has 2 aliphatic heterocycles. The molecule has 2 aliphatic rings. The Bertz CT molecular complexity index is 572. The van der Waals surface area contributed by atoms with E-state index in [1.807, 2.05) is 17.9 Å². The Balaban J connectivity index is 1.73. The van der Waals surface area contributed by atoms with Gasteiger partial charge in [-0.15, -0.1) is 0 Å². The second kappa shape index (κ2) is 6.83. The predicted octanol–water partition coefficient (Wildman–Crippen LogP) is 1.28. The van der Waals surface area contributed by atoms with E-state index in [2.05, 4.69) is 28.7 Å². The molecule has 1 amide bonds. The summed E-state index contributed by atoms with van der Waals surface area (Å²) in [6.45, 7) is 10.6. The smallest absolute Gasteiger partial charge is 0.227 e. The number of carbonyl (C=O) groups is 1. The molecule has 0 bridgehead atoms. The van der Waals surface area contributed by atoms with E-state index in [-0.39, 0.29) is 11.8 Å². The van der Waals surface area contributed by atoms with E-state index in [0.717, 1.165) is 36.8 Å². The number of hydrogen-bond donors (Lipinski definition) is 0. The Labute approximate surface area is 137 Å². The van der Waals surface area contributed by atoms with Crippen molar-refractivity contribution < 1.29 is 9.53 Å². The van der Waals surface area contributed by atoms with Crippen molar-refractivity contribution in [3.8, 4) is 0 Å². The highest BCUT2D eigenvalue weighted by Gasteiger charge is 2.38. The van der Waals surface area contributed by atoms with Gasteiger partial charge in [0, 0.05) is 44.4 Å². The van der Waals surface area contributed by atoms with Crippen LogP contribution in [0.5, 0.6) is 0 Å². The number of hydrogen-bond acceptors (Lipinski definition) is 5. The fraction of sp³-hybridized carbons (Fsp3) is 0.706. The van der Waals surface area contributed by atoms with Crippen LogP contribution < -0.4 is 4.90 Å². The molecular weight excluding hydrogens is 292 g/mol. The second-order valence-corrected chi connectivity index (χ2v) is 6.56. The van der Waals surface area contributed by atoms with E-state index in [1.165, 1.54) is 0 Å². The Morgan fingerprint density at radius 2 is 2.04 bits per heavy atom. The van der Waals surface area contributed by atoms with E-state index in [1.54, 1.807) is 0 Å². The fourth-order valence-electron chi connectivity index (χ4n) is 3.43. The maximum absolute atomic E-state index is 12.8. The topological polar surface area (TPSA) is 58.6 Å². The van der Waals surface area contributed by atoms with Crippen LogP contribution in [0.25, 0.3) is 0 Å². The molecule has 0 N–H and O–H groups in total. The molecule has 2 saturated heterocycles. The molecule has 0 radical (unpaired) electrons. The standard InChI is InChI=1S/C17H26N4O2/c1-4-15-18-13(3)9-16(19-15)21-10-12(2)14(11-21)17(22)20-5-7-23-8-6-20/h9,12,14H,4-8,10-11H2,1-3H3/t12-,14-/m1/s1. The summed E-state index contributed by atoms with van der Waals surface area (Å²) >= 11 is 0. The number of rotatable bonds is 3. The van der Waals surface area contributed by atoms with E-state index < -0.39 is 0 Å². The number of ether oxygens (including phenoxy) is 1. The number of nitrogens with zero attached hydrogens (tertiary/aromatic N) is 4. The van der Waals surface area contributed by atoms with Gasteiger partial charge in [-0.3, -0.25) is 4.79 Å². The summed E-state index contributed by atoms with van der Waals surface area (Å²) in [7, 11) is 0. The highest BCUT2D eigenvalue weighted by molar-refractivity contribution is 5.80. The third kappa shape index (κ3) is 3.47. The van der Waals surface area contributed by atoms with Gasteiger partial charge in [-0.25, -0.2) is 9.97 Å². The first-order valence-electron chi connectivity index (χ1n) is 8.54. The molecule has 0 saturated carbocycles. The molecule has 3 rings (SSSR count). The van der Waals surface area contributed by atoms with Crippen LogP contribution in [0, 0.1) is 18.8 Å². The van der Waals surface area contributed by atoms with E-state index >= 15 is 0 Å². The predicted molar refractivity (Wildman–Crippen MR) is 88.4 cm³/mol. The number of aromatic nitrogens is 2. The number of morpholine rings is 1. The van der Waals surface area contributed by atoms with Crippen molar-refractivity contribution in [1.82, 2.24) is 14.9 Å². The summed E-state index contributed by atoms with van der Waals surface area (Å²) in [5.74, 6) is 2.48. The zero-order chi connectivity index (χ0) is 16.4. The van der Waals surface area contributed by atoms with Crippen LogP contribution in [-0.4, -0.2) is 60.2 Å². The molecule has 1 aromatic rings. The van der Waals surface area contributed by atoms with Gasteiger partial charge >= 0.3 is 0 Å². The molecule has 0 aliphatic carbocycles. The maximum Gasteiger partial charge on any atom is 0.227 e. The van der Waals surface area contributed by atoms with E-state index in [0.29, 0.717) is 32.2 Å². The molecule has 1 aromatic heterocycles. The van der Waals surface area contributed by atoms with Crippen molar-refractivity contribution in [3.63, 3.8) is 0 Å². The van der Waals surface area contributed by atoms with Crippen LogP contribution in [0.15, 0.2) is 6.07 Å². The lowest BCUT2D eigenvalue weighted by Gasteiger charge is -2.30. The van der Waals surface area contributed by atoms with Gasteiger partial charge in [-0.1, -0.05) is 13.8 Å². The van der Waals surface area contributed by atoms with Crippen molar-refractivity contribution in [1.29, 1.82) is 0 Å². The van der Waals surface area contributed by atoms with Gasteiger partial charge in [0.2, 0.25) is 5.91 Å². The summed E-state index contributed by atoms with van der Waals surface area (Å²) in [6.07, 6.45) is 0.828. The van der Waals surface area contributed by atoms with Gasteiger partial charge in [-0.2, -0.15) is 0 Å². The summed E-state index contributed by atoms with van der Waals surface area (Å²) in [6, 6.07) is 2.02. The number of anilines is 1. The van der Waals surface area contributed by atoms with Crippen molar-refractivity contribution in [2.24, 2.45) is 11.8 Å². The summed E-state index contributed by atoms with van der Waals surface area (Å²) in [4.78, 5) is 26.1. The van der Waals surface area contributed by atoms with Crippen LogP contribution in [0.1, 0.15) is 25.4 Å². The van der Waals surface area contributed by atoms with Gasteiger partial charge < -0.3 is 14.5 Å². The van der Waals surface area contributed by atoms with Crippen LogP contribution in [0.4, 0.5) is 5.82 Å². The van der Waals surface area contributed by atoms with Crippen molar-refractivity contribution in [2.45, 2.75) is 27.2 Å². The first-order chi connectivity index (χ1) is 11.1.